The number of hydrogen-bond acceptors (Lipinski definition) is 2. The Bertz CT molecular complexity index is 874. The molecule has 0 heterocycles. The minimum absolute atomic E-state index is 0.0131. The van der Waals surface area contributed by atoms with E-state index in [0.717, 1.165) is 27.6 Å². The van der Waals surface area contributed by atoms with Crippen LogP contribution in [-0.2, 0) is 4.79 Å². The van der Waals surface area contributed by atoms with E-state index in [1.807, 2.05) is 74.5 Å². The van der Waals surface area contributed by atoms with E-state index in [-0.39, 0.29) is 17.9 Å². The predicted molar refractivity (Wildman–Crippen MR) is 102 cm³/mol. The van der Waals surface area contributed by atoms with Gasteiger partial charge in [-0.25, -0.2) is 0 Å². The Morgan fingerprint density at radius 3 is 2.28 bits per heavy atom. The van der Waals surface area contributed by atoms with E-state index in [9.17, 15) is 4.79 Å². The molecule has 0 saturated heterocycles. The zero-order chi connectivity index (χ0) is 17.8. The highest BCUT2D eigenvalue weighted by Gasteiger charge is 2.18. The molecule has 0 aliphatic heterocycles. The first kappa shape index (κ1) is 17.0. The monoisotopic (exact) mass is 333 g/mol. The van der Waals surface area contributed by atoms with Crippen molar-refractivity contribution in [2.75, 3.05) is 7.11 Å². The van der Waals surface area contributed by atoms with Gasteiger partial charge in [0.2, 0.25) is 5.91 Å². The van der Waals surface area contributed by atoms with Crippen LogP contribution >= 0.6 is 0 Å². The summed E-state index contributed by atoms with van der Waals surface area (Å²) in [5, 5.41) is 5.31. The van der Waals surface area contributed by atoms with E-state index in [2.05, 4.69) is 11.4 Å². The van der Waals surface area contributed by atoms with Crippen LogP contribution in [0.3, 0.4) is 0 Å². The van der Waals surface area contributed by atoms with Crippen LogP contribution in [0.2, 0.25) is 0 Å². The lowest BCUT2D eigenvalue weighted by Crippen LogP contribution is -2.30. The van der Waals surface area contributed by atoms with Crippen LogP contribution in [-0.4, -0.2) is 13.0 Å². The molecule has 0 saturated carbocycles. The van der Waals surface area contributed by atoms with E-state index in [1.54, 1.807) is 7.11 Å². The third kappa shape index (κ3) is 3.82. The van der Waals surface area contributed by atoms with Crippen LogP contribution in [0.1, 0.15) is 36.9 Å². The fraction of sp³-hybridized carbons (Fsp3) is 0.227. The Morgan fingerprint density at radius 2 is 1.56 bits per heavy atom. The predicted octanol–water partition coefficient (Wildman–Crippen LogP) is 4.83. The molecule has 0 radical (unpaired) electrons. The minimum atomic E-state index is -0.210. The summed E-state index contributed by atoms with van der Waals surface area (Å²) in [6.07, 6.45) is 0. The lowest BCUT2D eigenvalue weighted by atomic mass is 9.96. The Balaban J connectivity index is 1.76. The number of rotatable bonds is 5. The molecular weight excluding hydrogens is 310 g/mol. The number of methoxy groups -OCH3 is 1. The van der Waals surface area contributed by atoms with E-state index >= 15 is 0 Å². The number of carbonyl (C=O) groups is 1. The summed E-state index contributed by atoms with van der Waals surface area (Å²) in [5.41, 5.74) is 2.11. The van der Waals surface area contributed by atoms with Crippen molar-refractivity contribution in [1.29, 1.82) is 0 Å². The third-order valence-corrected chi connectivity index (χ3v) is 4.62. The molecule has 0 aliphatic rings. The van der Waals surface area contributed by atoms with Crippen molar-refractivity contribution in [3.63, 3.8) is 0 Å². The Hall–Kier alpha value is -2.81. The molecule has 3 rings (SSSR count). The zero-order valence-electron chi connectivity index (χ0n) is 14.8. The van der Waals surface area contributed by atoms with Gasteiger partial charge in [-0.1, -0.05) is 54.6 Å². The summed E-state index contributed by atoms with van der Waals surface area (Å²) in [6.45, 7) is 3.95. The van der Waals surface area contributed by atoms with Gasteiger partial charge in [0, 0.05) is 0 Å². The number of ether oxygens (including phenoxy) is 1. The molecule has 3 heteroatoms. The van der Waals surface area contributed by atoms with Gasteiger partial charge in [0.1, 0.15) is 5.75 Å². The van der Waals surface area contributed by atoms with Crippen molar-refractivity contribution in [2.24, 2.45) is 0 Å². The van der Waals surface area contributed by atoms with Gasteiger partial charge in [0.05, 0.1) is 19.1 Å². The molecule has 2 unspecified atom stereocenters. The lowest BCUT2D eigenvalue weighted by molar-refractivity contribution is -0.122. The second kappa shape index (κ2) is 7.39. The van der Waals surface area contributed by atoms with Crippen molar-refractivity contribution in [3.8, 4) is 5.75 Å². The molecule has 0 spiro atoms. The Morgan fingerprint density at radius 1 is 0.880 bits per heavy atom. The minimum Gasteiger partial charge on any atom is -0.497 e. The molecule has 1 amide bonds. The van der Waals surface area contributed by atoms with Crippen LogP contribution in [0.4, 0.5) is 0 Å². The molecule has 0 bridgehead atoms. The largest absolute Gasteiger partial charge is 0.497 e. The standard InChI is InChI=1S/C22H23NO2/c1-15(22(24)23-16(2)17-7-5-4-6-8-17)18-9-10-20-14-21(25-3)12-11-19(20)13-18/h4-16H,1-3H3,(H,23,24). The summed E-state index contributed by atoms with van der Waals surface area (Å²) in [4.78, 5) is 12.6. The number of carbonyl (C=O) groups excluding carboxylic acids is 1. The van der Waals surface area contributed by atoms with Gasteiger partial charge in [-0.05, 0) is 47.9 Å². The quantitative estimate of drug-likeness (QED) is 0.726. The van der Waals surface area contributed by atoms with E-state index in [4.69, 9.17) is 4.74 Å². The van der Waals surface area contributed by atoms with E-state index in [1.165, 1.54) is 0 Å². The first-order valence-electron chi connectivity index (χ1n) is 8.51. The maximum absolute atomic E-state index is 12.6. The fourth-order valence-corrected chi connectivity index (χ4v) is 2.95. The van der Waals surface area contributed by atoms with Crippen LogP contribution in [0.25, 0.3) is 10.8 Å². The normalized spacial score (nSPS) is 13.2. The van der Waals surface area contributed by atoms with Gasteiger partial charge in [-0.2, -0.15) is 0 Å². The van der Waals surface area contributed by atoms with E-state index < -0.39 is 0 Å². The average molecular weight is 333 g/mol. The second-order valence-corrected chi connectivity index (χ2v) is 6.34. The van der Waals surface area contributed by atoms with Gasteiger partial charge >= 0.3 is 0 Å². The number of hydrogen-bond donors (Lipinski definition) is 1. The number of amides is 1. The maximum atomic E-state index is 12.6. The highest BCUT2D eigenvalue weighted by atomic mass is 16.5. The smallest absolute Gasteiger partial charge is 0.227 e. The van der Waals surface area contributed by atoms with Gasteiger partial charge in [-0.3, -0.25) is 4.79 Å². The SMILES string of the molecule is COc1ccc2cc(C(C)C(=O)NC(C)c3ccccc3)ccc2c1. The molecule has 2 atom stereocenters. The Labute approximate surface area is 148 Å². The molecule has 0 aromatic heterocycles. The van der Waals surface area contributed by atoms with Crippen LogP contribution in [0.15, 0.2) is 66.7 Å². The van der Waals surface area contributed by atoms with Crippen molar-refractivity contribution < 1.29 is 9.53 Å². The van der Waals surface area contributed by atoms with Crippen LogP contribution in [0.5, 0.6) is 5.75 Å². The zero-order valence-corrected chi connectivity index (χ0v) is 14.8. The number of fused-ring (bicyclic) bond motifs is 1. The van der Waals surface area contributed by atoms with Crippen LogP contribution in [0, 0.1) is 0 Å². The summed E-state index contributed by atoms with van der Waals surface area (Å²) in [5.74, 6) is 0.657. The molecule has 0 aliphatic carbocycles. The molecular formula is C22H23NO2. The maximum Gasteiger partial charge on any atom is 0.227 e. The highest BCUT2D eigenvalue weighted by molar-refractivity contribution is 5.88. The van der Waals surface area contributed by atoms with Crippen molar-refractivity contribution in [2.45, 2.75) is 25.8 Å². The lowest BCUT2D eigenvalue weighted by Gasteiger charge is -2.18. The molecule has 1 N–H and O–H groups in total. The molecule has 3 aromatic carbocycles. The van der Waals surface area contributed by atoms with Crippen molar-refractivity contribution >= 4 is 16.7 Å². The molecule has 25 heavy (non-hydrogen) atoms. The first-order valence-corrected chi connectivity index (χ1v) is 8.51. The fourth-order valence-electron chi connectivity index (χ4n) is 2.95. The molecule has 3 aromatic rings. The van der Waals surface area contributed by atoms with Crippen molar-refractivity contribution in [1.82, 2.24) is 5.32 Å². The van der Waals surface area contributed by atoms with Gasteiger partial charge in [-0.15, -0.1) is 0 Å². The number of benzene rings is 3. The van der Waals surface area contributed by atoms with Gasteiger partial charge in [0.15, 0.2) is 0 Å². The second-order valence-electron chi connectivity index (χ2n) is 6.34. The third-order valence-electron chi connectivity index (χ3n) is 4.62. The average Bonchev–Trinajstić information content (AvgIpc) is 2.67. The Kier molecular flexibility index (Phi) is 5.03. The first-order chi connectivity index (χ1) is 12.1. The summed E-state index contributed by atoms with van der Waals surface area (Å²) < 4.78 is 5.26. The van der Waals surface area contributed by atoms with Crippen LogP contribution < -0.4 is 10.1 Å². The highest BCUT2D eigenvalue weighted by Crippen LogP contribution is 2.25. The molecule has 128 valence electrons. The van der Waals surface area contributed by atoms with Gasteiger partial charge in [0.25, 0.3) is 0 Å². The molecule has 3 nitrogen and oxygen atoms in total. The summed E-state index contributed by atoms with van der Waals surface area (Å²) >= 11 is 0. The summed E-state index contributed by atoms with van der Waals surface area (Å²) in [6, 6.07) is 22.1. The topological polar surface area (TPSA) is 38.3 Å². The van der Waals surface area contributed by atoms with Gasteiger partial charge < -0.3 is 10.1 Å². The van der Waals surface area contributed by atoms with E-state index in [0.29, 0.717) is 0 Å². The number of nitrogens with one attached hydrogen (secondary N) is 1. The summed E-state index contributed by atoms with van der Waals surface area (Å²) in [7, 11) is 1.66. The van der Waals surface area contributed by atoms with Crippen molar-refractivity contribution in [3.05, 3.63) is 77.9 Å². The molecule has 0 fully saturated rings.